The average molecular weight is 267 g/mol. The zero-order chi connectivity index (χ0) is 13.0. The first-order chi connectivity index (χ1) is 8.70. The topological polar surface area (TPSA) is 45.2 Å². The summed E-state index contributed by atoms with van der Waals surface area (Å²) in [6.45, 7) is 7.75. The largest absolute Gasteiger partial charge is 0.355 e. The van der Waals surface area contributed by atoms with E-state index in [0.29, 0.717) is 0 Å². The summed E-state index contributed by atoms with van der Waals surface area (Å²) in [4.78, 5) is 6.81. The van der Waals surface area contributed by atoms with Crippen LogP contribution in [0.4, 0.5) is 5.82 Å². The third-order valence-electron chi connectivity index (χ3n) is 3.16. The summed E-state index contributed by atoms with van der Waals surface area (Å²) in [6, 6.07) is 2.19. The Kier molecular flexibility index (Phi) is 4.72. The summed E-state index contributed by atoms with van der Waals surface area (Å²) in [7, 11) is -0.629. The predicted octanol–water partition coefficient (Wildman–Crippen LogP) is 1.07. The Balaban J connectivity index is 2.07. The Bertz CT molecular complexity index is 426. The molecule has 0 unspecified atom stereocenters. The highest BCUT2D eigenvalue weighted by Crippen LogP contribution is 2.19. The average Bonchev–Trinajstić information content (AvgIpc) is 2.38. The molecular weight excluding hydrogens is 246 g/mol. The van der Waals surface area contributed by atoms with Crippen molar-refractivity contribution >= 4 is 16.6 Å². The number of rotatable bonds is 4. The number of pyridine rings is 1. The van der Waals surface area contributed by atoms with Crippen molar-refractivity contribution in [1.82, 2.24) is 10.3 Å². The van der Waals surface area contributed by atoms with Crippen molar-refractivity contribution in [3.8, 4) is 0 Å². The van der Waals surface area contributed by atoms with Crippen molar-refractivity contribution in [2.45, 2.75) is 20.4 Å². The molecule has 1 saturated heterocycles. The van der Waals surface area contributed by atoms with Gasteiger partial charge in [-0.3, -0.25) is 4.21 Å². The number of nitrogens with zero attached hydrogens (tertiary/aromatic N) is 2. The minimum Gasteiger partial charge on any atom is -0.355 e. The maximum Gasteiger partial charge on any atom is 0.131 e. The van der Waals surface area contributed by atoms with E-state index in [0.717, 1.165) is 43.5 Å². The summed E-state index contributed by atoms with van der Waals surface area (Å²) in [5.74, 6) is 2.58. The van der Waals surface area contributed by atoms with Gasteiger partial charge in [-0.2, -0.15) is 0 Å². The third-order valence-corrected chi connectivity index (χ3v) is 4.44. The molecule has 0 radical (unpaired) electrons. The molecule has 1 N–H and O–H groups in total. The molecule has 0 saturated carbocycles. The molecule has 1 fully saturated rings. The monoisotopic (exact) mass is 267 g/mol. The Morgan fingerprint density at radius 1 is 1.44 bits per heavy atom. The van der Waals surface area contributed by atoms with Crippen LogP contribution in [-0.4, -0.2) is 40.3 Å². The molecule has 1 aliphatic heterocycles. The Hall–Kier alpha value is -0.940. The lowest BCUT2D eigenvalue weighted by molar-refractivity contribution is 0.672. The van der Waals surface area contributed by atoms with Gasteiger partial charge in [0.15, 0.2) is 0 Å². The minimum atomic E-state index is -0.629. The van der Waals surface area contributed by atoms with E-state index in [-0.39, 0.29) is 0 Å². The number of hydrogen-bond acceptors (Lipinski definition) is 4. The van der Waals surface area contributed by atoms with Gasteiger partial charge in [-0.1, -0.05) is 6.92 Å². The SMILES string of the molecule is CCNCc1cnc(N2CCS(=O)CC2)c(C)c1. The smallest absolute Gasteiger partial charge is 0.131 e. The van der Waals surface area contributed by atoms with Gasteiger partial charge >= 0.3 is 0 Å². The molecule has 0 spiro atoms. The van der Waals surface area contributed by atoms with Crippen LogP contribution in [0.15, 0.2) is 12.3 Å². The minimum absolute atomic E-state index is 0.629. The van der Waals surface area contributed by atoms with Crippen LogP contribution in [0.25, 0.3) is 0 Å². The number of hydrogen-bond donors (Lipinski definition) is 1. The first-order valence-corrected chi connectivity index (χ1v) is 7.95. The molecule has 0 amide bonds. The molecule has 0 aromatic carbocycles. The molecule has 100 valence electrons. The van der Waals surface area contributed by atoms with Gasteiger partial charge in [0.25, 0.3) is 0 Å². The van der Waals surface area contributed by atoms with Crippen molar-refractivity contribution in [2.24, 2.45) is 0 Å². The van der Waals surface area contributed by atoms with Gasteiger partial charge in [-0.25, -0.2) is 4.98 Å². The standard InChI is InChI=1S/C13H21N3OS/c1-3-14-9-12-8-11(2)13(15-10-12)16-4-6-18(17)7-5-16/h8,10,14H,3-7,9H2,1-2H3. The fourth-order valence-electron chi connectivity index (χ4n) is 2.17. The molecule has 1 aromatic rings. The van der Waals surface area contributed by atoms with E-state index in [9.17, 15) is 4.21 Å². The van der Waals surface area contributed by atoms with E-state index in [2.05, 4.69) is 35.1 Å². The van der Waals surface area contributed by atoms with Crippen LogP contribution in [0.1, 0.15) is 18.1 Å². The summed E-state index contributed by atoms with van der Waals surface area (Å²) in [6.07, 6.45) is 1.94. The highest BCUT2D eigenvalue weighted by Gasteiger charge is 2.17. The number of nitrogens with one attached hydrogen (secondary N) is 1. The second-order valence-corrected chi connectivity index (χ2v) is 6.30. The van der Waals surface area contributed by atoms with Gasteiger partial charge in [0.1, 0.15) is 5.82 Å². The molecule has 0 bridgehead atoms. The fourth-order valence-corrected chi connectivity index (χ4v) is 3.22. The van der Waals surface area contributed by atoms with E-state index in [4.69, 9.17) is 0 Å². The Morgan fingerprint density at radius 2 is 2.17 bits per heavy atom. The van der Waals surface area contributed by atoms with Crippen LogP contribution in [-0.2, 0) is 17.3 Å². The normalized spacial score (nSPS) is 17.1. The van der Waals surface area contributed by atoms with Crippen LogP contribution < -0.4 is 10.2 Å². The van der Waals surface area contributed by atoms with Gasteiger partial charge in [-0.05, 0) is 30.7 Å². The third kappa shape index (κ3) is 3.29. The predicted molar refractivity (Wildman–Crippen MR) is 76.4 cm³/mol. The molecule has 2 heterocycles. The first-order valence-electron chi connectivity index (χ1n) is 6.47. The van der Waals surface area contributed by atoms with Crippen molar-refractivity contribution < 1.29 is 4.21 Å². The van der Waals surface area contributed by atoms with Crippen molar-refractivity contribution in [1.29, 1.82) is 0 Å². The second kappa shape index (κ2) is 6.29. The van der Waals surface area contributed by atoms with Crippen LogP contribution in [0.2, 0.25) is 0 Å². The molecule has 4 nitrogen and oxygen atoms in total. The van der Waals surface area contributed by atoms with Crippen LogP contribution in [0.5, 0.6) is 0 Å². The summed E-state index contributed by atoms with van der Waals surface area (Å²) in [5, 5.41) is 3.30. The highest BCUT2D eigenvalue weighted by molar-refractivity contribution is 7.85. The zero-order valence-corrected chi connectivity index (χ0v) is 11.9. The molecule has 0 aliphatic carbocycles. The second-order valence-electron chi connectivity index (χ2n) is 4.60. The molecule has 18 heavy (non-hydrogen) atoms. The van der Waals surface area contributed by atoms with Crippen molar-refractivity contribution in [2.75, 3.05) is 36.0 Å². The zero-order valence-electron chi connectivity index (χ0n) is 11.1. The molecule has 1 aliphatic rings. The van der Waals surface area contributed by atoms with Gasteiger partial charge in [0, 0.05) is 48.1 Å². The lowest BCUT2D eigenvalue weighted by atomic mass is 10.2. The lowest BCUT2D eigenvalue weighted by Crippen LogP contribution is -2.38. The lowest BCUT2D eigenvalue weighted by Gasteiger charge is -2.28. The van der Waals surface area contributed by atoms with E-state index in [1.54, 1.807) is 0 Å². The Labute approximate surface area is 111 Å². The van der Waals surface area contributed by atoms with Crippen LogP contribution in [0, 0.1) is 6.92 Å². The van der Waals surface area contributed by atoms with Crippen LogP contribution in [0.3, 0.4) is 0 Å². The summed E-state index contributed by atoms with van der Waals surface area (Å²) >= 11 is 0. The van der Waals surface area contributed by atoms with Crippen LogP contribution >= 0.6 is 0 Å². The van der Waals surface area contributed by atoms with Crippen molar-refractivity contribution in [3.63, 3.8) is 0 Å². The maximum absolute atomic E-state index is 11.4. The molecular formula is C13H21N3OS. The maximum atomic E-state index is 11.4. The van der Waals surface area contributed by atoms with Gasteiger partial charge < -0.3 is 10.2 Å². The highest BCUT2D eigenvalue weighted by atomic mass is 32.2. The number of aromatic nitrogens is 1. The molecule has 2 rings (SSSR count). The Morgan fingerprint density at radius 3 is 2.78 bits per heavy atom. The van der Waals surface area contributed by atoms with E-state index < -0.39 is 10.8 Å². The van der Waals surface area contributed by atoms with E-state index in [1.165, 1.54) is 11.1 Å². The molecule has 5 heteroatoms. The summed E-state index contributed by atoms with van der Waals surface area (Å²) in [5.41, 5.74) is 2.43. The quantitative estimate of drug-likeness (QED) is 0.886. The fraction of sp³-hybridized carbons (Fsp3) is 0.615. The first kappa shape index (κ1) is 13.5. The van der Waals surface area contributed by atoms with E-state index >= 15 is 0 Å². The van der Waals surface area contributed by atoms with Gasteiger partial charge in [0.05, 0.1) is 0 Å². The molecule has 1 aromatic heterocycles. The van der Waals surface area contributed by atoms with E-state index in [1.807, 2.05) is 6.20 Å². The molecule has 0 atom stereocenters. The van der Waals surface area contributed by atoms with Gasteiger partial charge in [-0.15, -0.1) is 0 Å². The summed E-state index contributed by atoms with van der Waals surface area (Å²) < 4.78 is 11.4. The van der Waals surface area contributed by atoms with Crippen molar-refractivity contribution in [3.05, 3.63) is 23.4 Å². The number of anilines is 1. The number of aryl methyl sites for hydroxylation is 1. The van der Waals surface area contributed by atoms with Gasteiger partial charge in [0.2, 0.25) is 0 Å².